The number of methoxy groups -OCH3 is 1. The smallest absolute Gasteiger partial charge is 0.416 e. The summed E-state index contributed by atoms with van der Waals surface area (Å²) < 4.78 is 103. The first kappa shape index (κ1) is 27.9. The molecule has 2 aromatic rings. The van der Waals surface area contributed by atoms with E-state index in [1.807, 2.05) is 0 Å². The van der Waals surface area contributed by atoms with E-state index >= 15 is 0 Å². The van der Waals surface area contributed by atoms with E-state index < -0.39 is 41.4 Å². The lowest BCUT2D eigenvalue weighted by molar-refractivity contribution is -0.143. The highest BCUT2D eigenvalue weighted by Gasteiger charge is 2.41. The van der Waals surface area contributed by atoms with Crippen LogP contribution in [0.4, 0.5) is 30.7 Å². The molecule has 2 aromatic carbocycles. The molecule has 36 heavy (non-hydrogen) atoms. The molecule has 1 aliphatic rings. The Morgan fingerprint density at radius 2 is 1.56 bits per heavy atom. The molecule has 1 saturated carbocycles. The van der Waals surface area contributed by atoms with Crippen molar-refractivity contribution in [2.45, 2.75) is 49.7 Å². The second-order valence-corrected chi connectivity index (χ2v) is 8.79. The average Bonchev–Trinajstić information content (AvgIpc) is 3.22. The molecule has 0 N–H and O–H groups in total. The van der Waals surface area contributed by atoms with Gasteiger partial charge >= 0.3 is 18.3 Å². The second-order valence-electron chi connectivity index (χ2n) is 8.79. The lowest BCUT2D eigenvalue weighted by Crippen LogP contribution is -2.40. The zero-order valence-corrected chi connectivity index (χ0v) is 19.6. The molecule has 0 spiro atoms. The van der Waals surface area contributed by atoms with Gasteiger partial charge < -0.3 is 9.47 Å². The van der Waals surface area contributed by atoms with Gasteiger partial charge in [-0.3, -0.25) is 9.69 Å². The number of esters is 1. The molecular weight excluding hydrogens is 495 g/mol. The largest absolute Gasteiger partial charge is 0.468 e. The van der Waals surface area contributed by atoms with Gasteiger partial charge in [-0.05, 0) is 67.8 Å². The molecule has 0 unspecified atom stereocenters. The zero-order valence-electron chi connectivity index (χ0n) is 19.6. The Balaban J connectivity index is 1.78. The molecule has 198 valence electrons. The molecule has 0 radical (unpaired) electrons. The Morgan fingerprint density at radius 3 is 2.08 bits per heavy atom. The van der Waals surface area contributed by atoms with Crippen LogP contribution >= 0.6 is 0 Å². The van der Waals surface area contributed by atoms with Crippen molar-refractivity contribution in [1.29, 1.82) is 0 Å². The van der Waals surface area contributed by atoms with Crippen LogP contribution in [0.1, 0.15) is 41.0 Å². The first-order valence-corrected chi connectivity index (χ1v) is 11.2. The number of alkyl halides is 6. The van der Waals surface area contributed by atoms with E-state index in [2.05, 4.69) is 0 Å². The number of rotatable bonds is 8. The summed E-state index contributed by atoms with van der Waals surface area (Å²) in [7, 11) is 3.01. The van der Waals surface area contributed by atoms with Gasteiger partial charge in [0.15, 0.2) is 0 Å². The SMILES string of the molecule is COC(=O)CN(C)[C@@H]1CC[C@H](OCCc2cc(C(F)(F)F)cc(C(F)(F)F)c2)[C@H]1c1ccc(F)cc1. The number of nitrogens with zero attached hydrogens (tertiary/aromatic N) is 1. The van der Waals surface area contributed by atoms with Crippen LogP contribution in [0.2, 0.25) is 0 Å². The van der Waals surface area contributed by atoms with Crippen molar-refractivity contribution in [2.24, 2.45) is 0 Å². The quantitative estimate of drug-likeness (QED) is 0.323. The molecule has 3 rings (SSSR count). The Morgan fingerprint density at radius 1 is 0.972 bits per heavy atom. The topological polar surface area (TPSA) is 38.8 Å². The van der Waals surface area contributed by atoms with Crippen molar-refractivity contribution in [2.75, 3.05) is 27.3 Å². The highest BCUT2D eigenvalue weighted by Crippen LogP contribution is 2.40. The third-order valence-corrected chi connectivity index (χ3v) is 6.36. The molecule has 4 nitrogen and oxygen atoms in total. The van der Waals surface area contributed by atoms with Crippen molar-refractivity contribution in [3.63, 3.8) is 0 Å². The van der Waals surface area contributed by atoms with Crippen LogP contribution in [0.15, 0.2) is 42.5 Å². The summed E-state index contributed by atoms with van der Waals surface area (Å²) >= 11 is 0. The van der Waals surface area contributed by atoms with E-state index in [-0.39, 0.29) is 43.2 Å². The monoisotopic (exact) mass is 521 g/mol. The fraction of sp³-hybridized carbons (Fsp3) is 0.480. The fourth-order valence-corrected chi connectivity index (χ4v) is 4.62. The van der Waals surface area contributed by atoms with E-state index in [4.69, 9.17) is 9.47 Å². The van der Waals surface area contributed by atoms with Crippen molar-refractivity contribution in [3.8, 4) is 0 Å². The Kier molecular flexibility index (Phi) is 8.66. The van der Waals surface area contributed by atoms with E-state index in [0.29, 0.717) is 25.0 Å². The van der Waals surface area contributed by atoms with Crippen LogP contribution in [-0.4, -0.2) is 50.3 Å². The van der Waals surface area contributed by atoms with Crippen molar-refractivity contribution >= 4 is 5.97 Å². The molecule has 0 heterocycles. The van der Waals surface area contributed by atoms with Gasteiger partial charge in [0.05, 0.1) is 37.5 Å². The number of benzene rings is 2. The molecule has 0 aliphatic heterocycles. The number of hydrogen-bond donors (Lipinski definition) is 0. The maximum atomic E-state index is 13.5. The number of carbonyl (C=O) groups excluding carboxylic acids is 1. The number of ether oxygens (including phenoxy) is 2. The van der Waals surface area contributed by atoms with Gasteiger partial charge in [0.25, 0.3) is 0 Å². The number of likely N-dealkylation sites (N-methyl/N-ethyl adjacent to an activating group) is 1. The molecule has 0 aromatic heterocycles. The van der Waals surface area contributed by atoms with Crippen LogP contribution in [0.3, 0.4) is 0 Å². The van der Waals surface area contributed by atoms with Gasteiger partial charge in [-0.2, -0.15) is 26.3 Å². The Labute approximate surface area is 204 Å². The third-order valence-electron chi connectivity index (χ3n) is 6.36. The van der Waals surface area contributed by atoms with Crippen LogP contribution in [0, 0.1) is 5.82 Å². The molecule has 0 bridgehead atoms. The standard InChI is InChI=1S/C25H26F7NO3/c1-33(14-22(34)35-2)20-7-8-21(23(20)16-3-5-19(26)6-4-16)36-10-9-15-11-17(24(27,28)29)13-18(12-15)25(30,31)32/h3-6,11-13,20-21,23H,7-10,14H2,1-2H3/t20-,21+,23+/m1/s1. The Bertz CT molecular complexity index is 1010. The highest BCUT2D eigenvalue weighted by atomic mass is 19.4. The Hall–Kier alpha value is -2.66. The summed E-state index contributed by atoms with van der Waals surface area (Å²) in [5.41, 5.74) is -2.14. The molecular formula is C25H26F7NO3. The van der Waals surface area contributed by atoms with Crippen LogP contribution in [-0.2, 0) is 33.0 Å². The minimum atomic E-state index is -4.92. The van der Waals surface area contributed by atoms with E-state index in [1.165, 1.54) is 19.2 Å². The van der Waals surface area contributed by atoms with Gasteiger partial charge in [0.2, 0.25) is 0 Å². The summed E-state index contributed by atoms with van der Waals surface area (Å²) in [6, 6.07) is 7.09. The molecule has 0 amide bonds. The van der Waals surface area contributed by atoms with Gasteiger partial charge in [-0.25, -0.2) is 4.39 Å². The van der Waals surface area contributed by atoms with Gasteiger partial charge in [0.1, 0.15) is 5.82 Å². The van der Waals surface area contributed by atoms with Crippen molar-refractivity contribution in [1.82, 2.24) is 4.90 Å². The van der Waals surface area contributed by atoms with E-state index in [1.54, 1.807) is 24.1 Å². The molecule has 1 fully saturated rings. The summed E-state index contributed by atoms with van der Waals surface area (Å²) in [5, 5.41) is 0. The first-order valence-electron chi connectivity index (χ1n) is 11.2. The van der Waals surface area contributed by atoms with Crippen molar-refractivity contribution < 1.29 is 45.0 Å². The first-order chi connectivity index (χ1) is 16.8. The maximum Gasteiger partial charge on any atom is 0.416 e. The van der Waals surface area contributed by atoms with E-state index in [9.17, 15) is 35.5 Å². The van der Waals surface area contributed by atoms with Crippen LogP contribution in [0.25, 0.3) is 0 Å². The minimum Gasteiger partial charge on any atom is -0.468 e. The summed E-state index contributed by atoms with van der Waals surface area (Å²) in [5.74, 6) is -1.17. The average molecular weight is 521 g/mol. The molecule has 11 heteroatoms. The summed E-state index contributed by atoms with van der Waals surface area (Å²) in [4.78, 5) is 13.6. The van der Waals surface area contributed by atoms with Crippen LogP contribution < -0.4 is 0 Å². The highest BCUT2D eigenvalue weighted by molar-refractivity contribution is 5.71. The fourth-order valence-electron chi connectivity index (χ4n) is 4.62. The summed E-state index contributed by atoms with van der Waals surface area (Å²) in [6.45, 7) is -0.107. The van der Waals surface area contributed by atoms with Gasteiger partial charge in [-0.1, -0.05) is 12.1 Å². The summed E-state index contributed by atoms with van der Waals surface area (Å²) in [6.07, 6.45) is -9.30. The minimum absolute atomic E-state index is 0.00996. The predicted molar refractivity (Wildman–Crippen MR) is 117 cm³/mol. The lowest BCUT2D eigenvalue weighted by Gasteiger charge is -2.31. The number of halogens is 7. The molecule has 0 saturated heterocycles. The predicted octanol–water partition coefficient (Wildman–Crippen LogP) is 5.84. The van der Waals surface area contributed by atoms with Crippen LogP contribution in [0.5, 0.6) is 0 Å². The van der Waals surface area contributed by atoms with Gasteiger partial charge in [-0.15, -0.1) is 0 Å². The molecule has 1 aliphatic carbocycles. The number of hydrogen-bond acceptors (Lipinski definition) is 4. The molecule has 3 atom stereocenters. The lowest BCUT2D eigenvalue weighted by atomic mass is 9.91. The normalized spacial score (nSPS) is 20.7. The van der Waals surface area contributed by atoms with E-state index in [0.717, 1.165) is 5.56 Å². The van der Waals surface area contributed by atoms with Gasteiger partial charge in [0, 0.05) is 12.0 Å². The zero-order chi connectivity index (χ0) is 26.7. The van der Waals surface area contributed by atoms with Crippen molar-refractivity contribution in [3.05, 3.63) is 70.5 Å². The third kappa shape index (κ3) is 6.97. The second kappa shape index (κ2) is 11.2. The maximum absolute atomic E-state index is 13.5. The number of carbonyl (C=O) groups is 1.